The van der Waals surface area contributed by atoms with Crippen LogP contribution >= 0.6 is 0 Å². The number of likely N-dealkylation sites (tertiary alicyclic amines) is 1. The summed E-state index contributed by atoms with van der Waals surface area (Å²) in [5.74, 6) is 1.43. The molecular weight excluding hydrogens is 394 g/mol. The molecule has 2 N–H and O–H groups in total. The van der Waals surface area contributed by atoms with Crippen LogP contribution in [0.25, 0.3) is 0 Å². The Kier molecular flexibility index (Phi) is 7.39. The van der Waals surface area contributed by atoms with Gasteiger partial charge in [0, 0.05) is 25.0 Å². The van der Waals surface area contributed by atoms with E-state index in [0.29, 0.717) is 50.5 Å². The second-order valence-electron chi connectivity index (χ2n) is 7.94. The molecule has 7 heteroatoms. The third-order valence-electron chi connectivity index (χ3n) is 5.72. The van der Waals surface area contributed by atoms with Crippen LogP contribution in [0.4, 0.5) is 10.5 Å². The molecule has 1 aliphatic heterocycles. The molecule has 2 aromatic carbocycles. The zero-order chi connectivity index (χ0) is 22.3. The van der Waals surface area contributed by atoms with Gasteiger partial charge in [-0.05, 0) is 49.6 Å². The Morgan fingerprint density at radius 3 is 2.55 bits per heavy atom. The van der Waals surface area contributed by atoms with Crippen molar-refractivity contribution in [3.05, 3.63) is 54.1 Å². The molecule has 7 nitrogen and oxygen atoms in total. The summed E-state index contributed by atoms with van der Waals surface area (Å²) in [5.41, 5.74) is 1.14. The van der Waals surface area contributed by atoms with Crippen molar-refractivity contribution in [1.82, 2.24) is 10.2 Å². The van der Waals surface area contributed by atoms with Crippen LogP contribution < -0.4 is 20.1 Å². The van der Waals surface area contributed by atoms with Crippen molar-refractivity contribution < 1.29 is 19.1 Å². The van der Waals surface area contributed by atoms with Gasteiger partial charge in [-0.15, -0.1) is 0 Å². The Balaban J connectivity index is 1.52. The van der Waals surface area contributed by atoms with Crippen molar-refractivity contribution in [3.63, 3.8) is 0 Å². The van der Waals surface area contributed by atoms with E-state index in [9.17, 15) is 9.59 Å². The summed E-state index contributed by atoms with van der Waals surface area (Å²) >= 11 is 0. The van der Waals surface area contributed by atoms with E-state index < -0.39 is 5.41 Å². The summed E-state index contributed by atoms with van der Waals surface area (Å²) in [7, 11) is 1.62. The summed E-state index contributed by atoms with van der Waals surface area (Å²) in [4.78, 5) is 27.3. The van der Waals surface area contributed by atoms with E-state index in [2.05, 4.69) is 10.6 Å². The van der Waals surface area contributed by atoms with Crippen molar-refractivity contribution in [2.24, 2.45) is 5.41 Å². The number of urea groups is 1. The van der Waals surface area contributed by atoms with Gasteiger partial charge in [0.25, 0.3) is 0 Å². The molecule has 3 amide bonds. The van der Waals surface area contributed by atoms with E-state index >= 15 is 0 Å². The minimum Gasteiger partial charge on any atom is -0.497 e. The molecule has 1 fully saturated rings. The minimum absolute atomic E-state index is 0.0112. The first kappa shape index (κ1) is 22.5. The number of benzene rings is 2. The molecule has 0 saturated carbocycles. The van der Waals surface area contributed by atoms with Crippen molar-refractivity contribution in [2.75, 3.05) is 32.1 Å². The average molecular weight is 426 g/mol. The number of hydrogen-bond donors (Lipinski definition) is 2. The molecule has 166 valence electrons. The van der Waals surface area contributed by atoms with Gasteiger partial charge < -0.3 is 25.0 Å². The van der Waals surface area contributed by atoms with Gasteiger partial charge in [0.1, 0.15) is 11.5 Å². The van der Waals surface area contributed by atoms with Crippen LogP contribution in [0.2, 0.25) is 0 Å². The third kappa shape index (κ3) is 5.69. The van der Waals surface area contributed by atoms with Crippen LogP contribution in [0.1, 0.15) is 32.3 Å². The molecule has 1 heterocycles. The normalized spacial score (nSPS) is 15.1. The summed E-state index contributed by atoms with van der Waals surface area (Å²) in [6.07, 6.45) is 1.22. The third-order valence-corrected chi connectivity index (χ3v) is 5.72. The van der Waals surface area contributed by atoms with E-state index in [1.54, 1.807) is 12.0 Å². The summed E-state index contributed by atoms with van der Waals surface area (Å²) in [6.45, 7) is 5.89. The fraction of sp³-hybridized carbons (Fsp3) is 0.417. The van der Waals surface area contributed by atoms with Crippen LogP contribution in [0.5, 0.6) is 11.5 Å². The Hall–Kier alpha value is -3.22. The summed E-state index contributed by atoms with van der Waals surface area (Å²) in [6, 6.07) is 14.9. The van der Waals surface area contributed by atoms with Crippen molar-refractivity contribution in [1.29, 1.82) is 0 Å². The van der Waals surface area contributed by atoms with E-state index in [1.807, 2.05) is 62.4 Å². The first-order valence-corrected chi connectivity index (χ1v) is 10.6. The topological polar surface area (TPSA) is 79.9 Å². The smallest absolute Gasteiger partial charge is 0.321 e. The monoisotopic (exact) mass is 425 g/mol. The van der Waals surface area contributed by atoms with Crippen molar-refractivity contribution in [2.45, 2.75) is 33.2 Å². The molecule has 2 aromatic rings. The number of ether oxygens (including phenoxy) is 2. The predicted molar refractivity (Wildman–Crippen MR) is 120 cm³/mol. The van der Waals surface area contributed by atoms with Gasteiger partial charge in [-0.3, -0.25) is 4.79 Å². The zero-order valence-corrected chi connectivity index (χ0v) is 18.4. The van der Waals surface area contributed by atoms with Gasteiger partial charge in [0.2, 0.25) is 5.91 Å². The number of hydrogen-bond acceptors (Lipinski definition) is 4. The summed E-state index contributed by atoms with van der Waals surface area (Å²) < 4.78 is 10.8. The molecule has 1 saturated heterocycles. The Labute approximate surface area is 183 Å². The molecule has 0 atom stereocenters. The van der Waals surface area contributed by atoms with Gasteiger partial charge in [0.05, 0.1) is 19.4 Å². The molecule has 0 bridgehead atoms. The molecule has 0 aliphatic carbocycles. The molecule has 0 radical (unpaired) electrons. The number of carbonyl (C=O) groups is 2. The second kappa shape index (κ2) is 10.2. The van der Waals surface area contributed by atoms with E-state index in [0.717, 1.165) is 11.3 Å². The summed E-state index contributed by atoms with van der Waals surface area (Å²) in [5, 5.41) is 5.96. The van der Waals surface area contributed by atoms with Crippen molar-refractivity contribution in [3.8, 4) is 11.5 Å². The molecule has 0 unspecified atom stereocenters. The number of carbonyl (C=O) groups excluding carboxylic acids is 2. The maximum atomic E-state index is 12.9. The van der Waals surface area contributed by atoms with E-state index in [4.69, 9.17) is 9.47 Å². The van der Waals surface area contributed by atoms with Gasteiger partial charge in [-0.25, -0.2) is 4.79 Å². The van der Waals surface area contributed by atoms with Gasteiger partial charge >= 0.3 is 6.03 Å². The number of para-hydroxylation sites is 2. The first-order chi connectivity index (χ1) is 14.9. The number of methoxy groups -OCH3 is 1. The standard InChI is InChI=1S/C24H31N3O4/c1-4-31-21-11-6-5-10-20(21)26-23(29)27-14-12-24(2,13-15-27)22(28)25-17-18-8-7-9-19(16-18)30-3/h5-11,16H,4,12-15,17H2,1-3H3,(H,25,28)(H,26,29). The van der Waals surface area contributed by atoms with Crippen LogP contribution in [-0.4, -0.2) is 43.6 Å². The maximum Gasteiger partial charge on any atom is 0.321 e. The molecule has 31 heavy (non-hydrogen) atoms. The molecular formula is C24H31N3O4. The lowest BCUT2D eigenvalue weighted by Crippen LogP contribution is -2.49. The number of piperidine rings is 1. The SMILES string of the molecule is CCOc1ccccc1NC(=O)N1CCC(C)(C(=O)NCc2cccc(OC)c2)CC1. The van der Waals surface area contributed by atoms with Crippen LogP contribution in [-0.2, 0) is 11.3 Å². The first-order valence-electron chi connectivity index (χ1n) is 10.6. The lowest BCUT2D eigenvalue weighted by atomic mass is 9.79. The van der Waals surface area contributed by atoms with Gasteiger partial charge in [-0.1, -0.05) is 31.2 Å². The van der Waals surface area contributed by atoms with E-state index in [1.165, 1.54) is 0 Å². The number of nitrogens with zero attached hydrogens (tertiary/aromatic N) is 1. The number of anilines is 1. The van der Waals surface area contributed by atoms with E-state index in [-0.39, 0.29) is 11.9 Å². The fourth-order valence-corrected chi connectivity index (χ4v) is 3.65. The van der Waals surface area contributed by atoms with Crippen LogP contribution in [0.3, 0.4) is 0 Å². The van der Waals surface area contributed by atoms with Crippen LogP contribution in [0, 0.1) is 5.41 Å². The number of amides is 3. The molecule has 1 aliphatic rings. The predicted octanol–water partition coefficient (Wildman–Crippen LogP) is 4.04. The average Bonchev–Trinajstić information content (AvgIpc) is 2.79. The van der Waals surface area contributed by atoms with Crippen molar-refractivity contribution >= 4 is 17.6 Å². The highest BCUT2D eigenvalue weighted by atomic mass is 16.5. The Morgan fingerprint density at radius 2 is 1.84 bits per heavy atom. The minimum atomic E-state index is -0.501. The second-order valence-corrected chi connectivity index (χ2v) is 7.94. The van der Waals surface area contributed by atoms with Gasteiger partial charge in [-0.2, -0.15) is 0 Å². The van der Waals surface area contributed by atoms with Gasteiger partial charge in [0.15, 0.2) is 0 Å². The number of rotatable bonds is 7. The number of nitrogens with one attached hydrogen (secondary N) is 2. The molecule has 0 aromatic heterocycles. The Bertz CT molecular complexity index is 907. The highest BCUT2D eigenvalue weighted by molar-refractivity contribution is 5.91. The fourth-order valence-electron chi connectivity index (χ4n) is 3.65. The maximum absolute atomic E-state index is 12.9. The quantitative estimate of drug-likeness (QED) is 0.702. The Morgan fingerprint density at radius 1 is 1.10 bits per heavy atom. The lowest BCUT2D eigenvalue weighted by molar-refractivity contribution is -0.132. The largest absolute Gasteiger partial charge is 0.497 e. The molecule has 0 spiro atoms. The zero-order valence-electron chi connectivity index (χ0n) is 18.4. The molecule has 3 rings (SSSR count). The van der Waals surface area contributed by atoms with Crippen LogP contribution in [0.15, 0.2) is 48.5 Å². The highest BCUT2D eigenvalue weighted by Gasteiger charge is 2.38. The lowest BCUT2D eigenvalue weighted by Gasteiger charge is -2.38. The highest BCUT2D eigenvalue weighted by Crippen LogP contribution is 2.32.